The molecule has 2 aliphatic rings. The van der Waals surface area contributed by atoms with E-state index in [0.29, 0.717) is 18.8 Å². The molecule has 2 N–H and O–H groups in total. The van der Waals surface area contributed by atoms with Crippen molar-refractivity contribution in [2.75, 3.05) is 26.3 Å². The first kappa shape index (κ1) is 16.4. The Kier molecular flexibility index (Phi) is 4.17. The molecule has 4 rings (SSSR count). The number of carbonyl (C=O) groups is 1. The van der Waals surface area contributed by atoms with Crippen molar-refractivity contribution < 1.29 is 14.6 Å². The molecule has 2 fully saturated rings. The molecule has 0 aliphatic carbocycles. The van der Waals surface area contributed by atoms with Gasteiger partial charge in [-0.3, -0.25) is 9.69 Å². The smallest absolute Gasteiger partial charge is 0.254 e. The van der Waals surface area contributed by atoms with E-state index in [9.17, 15) is 9.90 Å². The molecule has 2 atom stereocenters. The minimum Gasteiger partial charge on any atom is -0.508 e. The Bertz CT molecular complexity index is 808. The van der Waals surface area contributed by atoms with Gasteiger partial charge in [0, 0.05) is 23.6 Å². The second-order valence-electron chi connectivity index (χ2n) is 7.15. The molecule has 0 saturated carbocycles. The average Bonchev–Trinajstić information content (AvgIpc) is 3.29. The number of rotatable bonds is 3. The molecule has 0 radical (unpaired) electrons. The zero-order chi connectivity index (χ0) is 17.6. The highest BCUT2D eigenvalue weighted by Crippen LogP contribution is 2.28. The van der Waals surface area contributed by atoms with Gasteiger partial charge in [-0.15, -0.1) is 0 Å². The summed E-state index contributed by atoms with van der Waals surface area (Å²) in [7, 11) is 1.94. The number of fused-ring (bicyclic) bond motifs is 1. The number of nitrogens with one attached hydrogen (secondary N) is 1. The lowest BCUT2D eigenvalue weighted by Gasteiger charge is -2.28. The van der Waals surface area contributed by atoms with Crippen LogP contribution in [-0.4, -0.2) is 58.9 Å². The number of aromatic nitrogens is 1. The molecule has 6 nitrogen and oxygen atoms in total. The number of ether oxygens (including phenoxy) is 1. The Hall–Kier alpha value is -2.05. The predicted molar refractivity (Wildman–Crippen MR) is 96.0 cm³/mol. The summed E-state index contributed by atoms with van der Waals surface area (Å²) in [6.45, 7) is 5.35. The van der Waals surface area contributed by atoms with Gasteiger partial charge >= 0.3 is 0 Å². The van der Waals surface area contributed by atoms with Crippen LogP contribution < -0.4 is 5.32 Å². The van der Waals surface area contributed by atoms with Crippen LogP contribution in [0.3, 0.4) is 0 Å². The van der Waals surface area contributed by atoms with E-state index in [4.69, 9.17) is 4.74 Å². The van der Waals surface area contributed by atoms with E-state index < -0.39 is 0 Å². The number of benzene rings is 1. The molecule has 1 aromatic carbocycles. The number of nitrogens with zero attached hydrogens (tertiary/aromatic N) is 2. The summed E-state index contributed by atoms with van der Waals surface area (Å²) in [6.07, 6.45) is 2.44. The van der Waals surface area contributed by atoms with Crippen LogP contribution in [0.2, 0.25) is 0 Å². The fourth-order valence-electron chi connectivity index (χ4n) is 4.20. The average molecular weight is 343 g/mol. The summed E-state index contributed by atoms with van der Waals surface area (Å²) in [5, 5.41) is 13.8. The van der Waals surface area contributed by atoms with Crippen LogP contribution in [0.4, 0.5) is 0 Å². The first-order chi connectivity index (χ1) is 12.1. The maximum absolute atomic E-state index is 13.0. The van der Waals surface area contributed by atoms with E-state index in [1.54, 1.807) is 12.1 Å². The second kappa shape index (κ2) is 6.35. The molecule has 2 aliphatic heterocycles. The fraction of sp³-hybridized carbons (Fsp3) is 0.526. The van der Waals surface area contributed by atoms with Gasteiger partial charge in [-0.05, 0) is 51.1 Å². The standard InChI is InChI=1S/C19H25N3O3/c1-12-18(14-9-13(23)5-6-16(14)21(12)2)19(24)20-15-10-25-11-17(15)22-7-3-4-8-22/h5-6,9,15,17,23H,3-4,7-8,10-11H2,1-2H3,(H,20,24)/t15-,17-/m1/s1. The van der Waals surface area contributed by atoms with E-state index in [2.05, 4.69) is 10.2 Å². The minimum absolute atomic E-state index is 0.0116. The van der Waals surface area contributed by atoms with Crippen molar-refractivity contribution in [3.05, 3.63) is 29.5 Å². The first-order valence-corrected chi connectivity index (χ1v) is 8.97. The van der Waals surface area contributed by atoms with E-state index >= 15 is 0 Å². The summed E-state index contributed by atoms with van der Waals surface area (Å²) < 4.78 is 7.65. The number of carbonyl (C=O) groups excluding carboxylic acids is 1. The van der Waals surface area contributed by atoms with Gasteiger partial charge in [-0.25, -0.2) is 0 Å². The molecule has 0 bridgehead atoms. The summed E-state index contributed by atoms with van der Waals surface area (Å²) in [4.78, 5) is 15.5. The van der Waals surface area contributed by atoms with E-state index in [-0.39, 0.29) is 23.7 Å². The highest BCUT2D eigenvalue weighted by Gasteiger charge is 2.36. The highest BCUT2D eigenvalue weighted by atomic mass is 16.5. The molecule has 2 aromatic rings. The number of phenols is 1. The van der Waals surface area contributed by atoms with Crippen molar-refractivity contribution in [1.29, 1.82) is 0 Å². The Morgan fingerprint density at radius 3 is 2.80 bits per heavy atom. The normalized spacial score (nSPS) is 24.2. The monoisotopic (exact) mass is 343 g/mol. The maximum Gasteiger partial charge on any atom is 0.254 e. The van der Waals surface area contributed by atoms with Crippen molar-refractivity contribution in [2.24, 2.45) is 7.05 Å². The number of aromatic hydroxyl groups is 1. The number of likely N-dealkylation sites (tertiary alicyclic amines) is 1. The Morgan fingerprint density at radius 2 is 2.04 bits per heavy atom. The van der Waals surface area contributed by atoms with Crippen molar-refractivity contribution in [3.63, 3.8) is 0 Å². The Balaban J connectivity index is 1.62. The highest BCUT2D eigenvalue weighted by molar-refractivity contribution is 6.08. The van der Waals surface area contributed by atoms with Crippen molar-refractivity contribution in [2.45, 2.75) is 31.8 Å². The lowest BCUT2D eigenvalue weighted by atomic mass is 10.1. The van der Waals surface area contributed by atoms with E-state index in [1.807, 2.05) is 24.6 Å². The lowest BCUT2D eigenvalue weighted by molar-refractivity contribution is 0.0917. The maximum atomic E-state index is 13.0. The number of hydrogen-bond acceptors (Lipinski definition) is 4. The number of hydrogen-bond donors (Lipinski definition) is 2. The quantitative estimate of drug-likeness (QED) is 0.892. The Labute approximate surface area is 147 Å². The van der Waals surface area contributed by atoms with Gasteiger partial charge in [0.25, 0.3) is 5.91 Å². The molecule has 0 spiro atoms. The fourth-order valence-corrected chi connectivity index (χ4v) is 4.20. The number of amides is 1. The second-order valence-corrected chi connectivity index (χ2v) is 7.15. The van der Waals surface area contributed by atoms with Crippen LogP contribution in [0.1, 0.15) is 28.9 Å². The third kappa shape index (κ3) is 2.79. The lowest BCUT2D eigenvalue weighted by Crippen LogP contribution is -2.50. The Morgan fingerprint density at radius 1 is 1.28 bits per heavy atom. The van der Waals surface area contributed by atoms with Crippen LogP contribution in [0, 0.1) is 6.92 Å². The van der Waals surface area contributed by atoms with Crippen molar-refractivity contribution in [3.8, 4) is 5.75 Å². The zero-order valence-electron chi connectivity index (χ0n) is 14.8. The molecule has 134 valence electrons. The first-order valence-electron chi connectivity index (χ1n) is 8.97. The van der Waals surface area contributed by atoms with Crippen molar-refractivity contribution >= 4 is 16.8 Å². The van der Waals surface area contributed by atoms with Gasteiger partial charge in [0.15, 0.2) is 0 Å². The van der Waals surface area contributed by atoms with Gasteiger partial charge in [0.1, 0.15) is 5.75 Å². The zero-order valence-corrected chi connectivity index (χ0v) is 14.8. The molecular formula is C19H25N3O3. The van der Waals surface area contributed by atoms with Crippen LogP contribution in [0.5, 0.6) is 5.75 Å². The van der Waals surface area contributed by atoms with Gasteiger partial charge in [0.05, 0.1) is 30.9 Å². The molecule has 6 heteroatoms. The minimum atomic E-state index is -0.0894. The van der Waals surface area contributed by atoms with Crippen molar-refractivity contribution in [1.82, 2.24) is 14.8 Å². The van der Waals surface area contributed by atoms with Crippen LogP contribution in [-0.2, 0) is 11.8 Å². The van der Waals surface area contributed by atoms with Crippen LogP contribution >= 0.6 is 0 Å². The SMILES string of the molecule is Cc1c(C(=O)N[C@@H]2COC[C@H]2N2CCCC2)c2cc(O)ccc2n1C. The van der Waals surface area contributed by atoms with Crippen LogP contribution in [0.15, 0.2) is 18.2 Å². The topological polar surface area (TPSA) is 66.7 Å². The summed E-state index contributed by atoms with van der Waals surface area (Å²) in [5.74, 6) is 0.0830. The molecule has 1 aromatic heterocycles. The molecule has 1 amide bonds. The number of phenolic OH excluding ortho intramolecular Hbond substituents is 1. The molecule has 2 saturated heterocycles. The van der Waals surface area contributed by atoms with Gasteiger partial charge < -0.3 is 19.7 Å². The summed E-state index contributed by atoms with van der Waals surface area (Å²) in [5.41, 5.74) is 2.48. The largest absolute Gasteiger partial charge is 0.508 e. The molecule has 3 heterocycles. The van der Waals surface area contributed by atoms with E-state index in [1.165, 1.54) is 12.8 Å². The van der Waals surface area contributed by atoms with Crippen LogP contribution in [0.25, 0.3) is 10.9 Å². The molecule has 0 unspecified atom stereocenters. The predicted octanol–water partition coefficient (Wildman–Crippen LogP) is 1.79. The number of aryl methyl sites for hydroxylation is 1. The van der Waals surface area contributed by atoms with Gasteiger partial charge in [0.2, 0.25) is 0 Å². The van der Waals surface area contributed by atoms with E-state index in [0.717, 1.165) is 29.7 Å². The van der Waals surface area contributed by atoms with Gasteiger partial charge in [-0.1, -0.05) is 0 Å². The molecule has 25 heavy (non-hydrogen) atoms. The summed E-state index contributed by atoms with van der Waals surface area (Å²) >= 11 is 0. The van der Waals surface area contributed by atoms with Gasteiger partial charge in [-0.2, -0.15) is 0 Å². The molecular weight excluding hydrogens is 318 g/mol. The third-order valence-corrected chi connectivity index (χ3v) is 5.68. The summed E-state index contributed by atoms with van der Waals surface area (Å²) in [6, 6.07) is 5.44. The third-order valence-electron chi connectivity index (χ3n) is 5.68.